The number of benzene rings is 1. The summed E-state index contributed by atoms with van der Waals surface area (Å²) in [6, 6.07) is 8.89. The van der Waals surface area contributed by atoms with E-state index in [4.69, 9.17) is 4.74 Å². The first kappa shape index (κ1) is 16.0. The number of hydrogen-bond donors (Lipinski definition) is 0. The molecule has 0 saturated carbocycles. The molecule has 4 rings (SSSR count). The third-order valence-corrected chi connectivity index (χ3v) is 4.12. The number of rotatable bonds is 4. The number of carbonyl (C=O) groups is 2. The maximum atomic E-state index is 12.6. The second kappa shape index (κ2) is 6.43. The molecule has 3 heterocycles. The lowest BCUT2D eigenvalue weighted by atomic mass is 10.2. The Hall–Kier alpha value is -3.49. The topological polar surface area (TPSA) is 102 Å². The number of hydrogen-bond acceptors (Lipinski definition) is 7. The molecule has 0 radical (unpaired) electrons. The van der Waals surface area contributed by atoms with Gasteiger partial charge in [-0.2, -0.15) is 0 Å². The third-order valence-electron chi connectivity index (χ3n) is 4.12. The lowest BCUT2D eigenvalue weighted by Gasteiger charge is -2.29. The van der Waals surface area contributed by atoms with Crippen molar-refractivity contribution in [2.45, 2.75) is 6.54 Å². The first-order valence-corrected chi connectivity index (χ1v) is 7.95. The number of amides is 2. The van der Waals surface area contributed by atoms with Crippen molar-refractivity contribution in [2.24, 2.45) is 0 Å². The average molecular weight is 353 g/mol. The van der Waals surface area contributed by atoms with E-state index >= 15 is 0 Å². The smallest absolute Gasteiger partial charge is 0.266 e. The zero-order chi connectivity index (χ0) is 18.1. The van der Waals surface area contributed by atoms with Crippen molar-refractivity contribution in [1.29, 1.82) is 0 Å². The number of aromatic nitrogens is 3. The molecule has 0 bridgehead atoms. The summed E-state index contributed by atoms with van der Waals surface area (Å²) in [6.07, 6.45) is 1.56. The monoisotopic (exact) mass is 353 g/mol. The Morgan fingerprint density at radius 3 is 3.00 bits per heavy atom. The van der Waals surface area contributed by atoms with Crippen LogP contribution in [-0.4, -0.2) is 52.2 Å². The van der Waals surface area contributed by atoms with Crippen molar-refractivity contribution >= 4 is 28.7 Å². The Labute approximate surface area is 148 Å². The molecule has 26 heavy (non-hydrogen) atoms. The van der Waals surface area contributed by atoms with Crippen LogP contribution in [0.3, 0.4) is 0 Å². The van der Waals surface area contributed by atoms with Crippen LogP contribution in [0.5, 0.6) is 5.75 Å². The normalized spacial score (nSPS) is 13.4. The van der Waals surface area contributed by atoms with Crippen LogP contribution < -0.4 is 9.64 Å². The minimum absolute atomic E-state index is 0.101. The Bertz CT molecular complexity index is 986. The molecule has 0 saturated heterocycles. The summed E-state index contributed by atoms with van der Waals surface area (Å²) in [5.41, 5.74) is 2.17. The van der Waals surface area contributed by atoms with Crippen LogP contribution in [-0.2, 0) is 16.1 Å². The van der Waals surface area contributed by atoms with Crippen molar-refractivity contribution < 1.29 is 19.0 Å². The molecule has 1 aliphatic rings. The summed E-state index contributed by atoms with van der Waals surface area (Å²) in [6.45, 7) is 0.164. The Kier molecular flexibility index (Phi) is 3.96. The van der Waals surface area contributed by atoms with E-state index in [2.05, 4.69) is 19.9 Å². The summed E-state index contributed by atoms with van der Waals surface area (Å²) in [7, 11) is 1.68. The zero-order valence-corrected chi connectivity index (χ0v) is 14.0. The van der Waals surface area contributed by atoms with Crippen LogP contribution >= 0.6 is 0 Å². The van der Waals surface area contributed by atoms with Crippen molar-refractivity contribution in [2.75, 3.05) is 25.1 Å². The molecule has 9 heteroatoms. The highest BCUT2D eigenvalue weighted by atomic mass is 16.6. The average Bonchev–Trinajstić information content (AvgIpc) is 3.11. The molecule has 0 atom stereocenters. The van der Waals surface area contributed by atoms with Crippen LogP contribution in [0.2, 0.25) is 0 Å². The Morgan fingerprint density at radius 2 is 2.12 bits per heavy atom. The van der Waals surface area contributed by atoms with Gasteiger partial charge in [0.2, 0.25) is 5.91 Å². The van der Waals surface area contributed by atoms with Crippen molar-refractivity contribution in [3.63, 3.8) is 0 Å². The molecule has 1 aromatic carbocycles. The maximum Gasteiger partial charge on any atom is 0.266 e. The largest absolute Gasteiger partial charge is 0.480 e. The molecule has 3 aromatic rings. The number of fused-ring (bicyclic) bond motifs is 2. The van der Waals surface area contributed by atoms with Gasteiger partial charge in [0.15, 0.2) is 18.2 Å². The molecule has 0 aliphatic carbocycles. The second-order valence-corrected chi connectivity index (χ2v) is 5.93. The molecule has 0 spiro atoms. The van der Waals surface area contributed by atoms with E-state index in [-0.39, 0.29) is 25.0 Å². The number of anilines is 1. The fraction of sp³-hybridized carbons (Fsp3) is 0.235. The number of carbonyl (C=O) groups excluding carboxylic acids is 2. The molecule has 0 N–H and O–H groups in total. The highest BCUT2D eigenvalue weighted by Crippen LogP contribution is 2.28. The molecule has 0 unspecified atom stereocenters. The highest BCUT2D eigenvalue weighted by Gasteiger charge is 2.29. The molecule has 2 aromatic heterocycles. The molecule has 9 nitrogen and oxygen atoms in total. The molecule has 1 aliphatic heterocycles. The lowest BCUT2D eigenvalue weighted by molar-refractivity contribution is -0.131. The standard InChI is InChI=1S/C17H15N5O4/c1-21(8-11-4-5-12-13(7-11)20-26-19-12)15(23)9-22-16(24)10-25-14-3-2-6-18-17(14)22/h2-7H,8-10H2,1H3. The first-order chi connectivity index (χ1) is 12.6. The SMILES string of the molecule is CN(Cc1ccc2nonc2c1)C(=O)CN1C(=O)COc2cccnc21. The minimum Gasteiger partial charge on any atom is -0.480 e. The highest BCUT2D eigenvalue weighted by molar-refractivity contribution is 6.01. The van der Waals surface area contributed by atoms with Crippen molar-refractivity contribution in [3.8, 4) is 5.75 Å². The van der Waals surface area contributed by atoms with Gasteiger partial charge in [-0.25, -0.2) is 9.61 Å². The number of ether oxygens (including phenoxy) is 1. The van der Waals surface area contributed by atoms with Gasteiger partial charge in [0.1, 0.15) is 17.6 Å². The fourth-order valence-corrected chi connectivity index (χ4v) is 2.74. The van der Waals surface area contributed by atoms with E-state index in [1.165, 1.54) is 4.90 Å². The molecular weight excluding hydrogens is 338 g/mol. The van der Waals surface area contributed by atoms with Gasteiger partial charge in [0.05, 0.1) is 0 Å². The quantitative estimate of drug-likeness (QED) is 0.689. The lowest BCUT2D eigenvalue weighted by Crippen LogP contribution is -2.45. The summed E-state index contributed by atoms with van der Waals surface area (Å²) in [5.74, 6) is 0.343. The van der Waals surface area contributed by atoms with E-state index in [9.17, 15) is 9.59 Å². The number of nitrogens with zero attached hydrogens (tertiary/aromatic N) is 5. The fourth-order valence-electron chi connectivity index (χ4n) is 2.74. The predicted molar refractivity (Wildman–Crippen MR) is 90.4 cm³/mol. The van der Waals surface area contributed by atoms with E-state index in [0.717, 1.165) is 5.56 Å². The van der Waals surface area contributed by atoms with Gasteiger partial charge in [-0.15, -0.1) is 0 Å². The first-order valence-electron chi connectivity index (χ1n) is 7.95. The molecule has 2 amide bonds. The second-order valence-electron chi connectivity index (χ2n) is 5.93. The van der Waals surface area contributed by atoms with Gasteiger partial charge in [0, 0.05) is 19.8 Å². The van der Waals surface area contributed by atoms with Crippen LogP contribution in [0.25, 0.3) is 11.0 Å². The Balaban J connectivity index is 1.48. The van der Waals surface area contributed by atoms with Gasteiger partial charge < -0.3 is 9.64 Å². The molecule has 0 fully saturated rings. The number of likely N-dealkylation sites (N-methyl/N-ethyl adjacent to an activating group) is 1. The van der Waals surface area contributed by atoms with Crippen LogP contribution in [0, 0.1) is 0 Å². The molecule has 132 valence electrons. The zero-order valence-electron chi connectivity index (χ0n) is 14.0. The van der Waals surface area contributed by atoms with Crippen LogP contribution in [0.15, 0.2) is 41.2 Å². The van der Waals surface area contributed by atoms with E-state index < -0.39 is 0 Å². The maximum absolute atomic E-state index is 12.6. The van der Waals surface area contributed by atoms with Crippen LogP contribution in [0.4, 0.5) is 5.82 Å². The summed E-state index contributed by atoms with van der Waals surface area (Å²) < 4.78 is 10.0. The van der Waals surface area contributed by atoms with Gasteiger partial charge in [-0.1, -0.05) is 6.07 Å². The van der Waals surface area contributed by atoms with Gasteiger partial charge in [-0.3, -0.25) is 14.5 Å². The minimum atomic E-state index is -0.298. The van der Waals surface area contributed by atoms with E-state index in [1.807, 2.05) is 12.1 Å². The summed E-state index contributed by atoms with van der Waals surface area (Å²) >= 11 is 0. The van der Waals surface area contributed by atoms with E-state index in [1.54, 1.807) is 36.3 Å². The van der Waals surface area contributed by atoms with Crippen molar-refractivity contribution in [3.05, 3.63) is 42.1 Å². The predicted octanol–water partition coefficient (Wildman–Crippen LogP) is 1.00. The van der Waals surface area contributed by atoms with E-state index in [0.29, 0.717) is 29.1 Å². The van der Waals surface area contributed by atoms with Crippen molar-refractivity contribution in [1.82, 2.24) is 20.2 Å². The van der Waals surface area contributed by atoms with Gasteiger partial charge >= 0.3 is 0 Å². The van der Waals surface area contributed by atoms with Crippen LogP contribution in [0.1, 0.15) is 5.56 Å². The third kappa shape index (κ3) is 2.94. The van der Waals surface area contributed by atoms with Gasteiger partial charge in [0.25, 0.3) is 5.91 Å². The van der Waals surface area contributed by atoms with Gasteiger partial charge in [-0.05, 0) is 40.1 Å². The molecular formula is C17H15N5O4. The summed E-state index contributed by atoms with van der Waals surface area (Å²) in [4.78, 5) is 31.8. The summed E-state index contributed by atoms with van der Waals surface area (Å²) in [5, 5.41) is 7.55. The Morgan fingerprint density at radius 1 is 1.27 bits per heavy atom. The number of pyridine rings is 1.